The fourth-order valence-electron chi connectivity index (χ4n) is 1.25. The summed E-state index contributed by atoms with van der Waals surface area (Å²) in [6.07, 6.45) is 3.91. The number of rotatable bonds is 7. The molecule has 0 aromatic carbocycles. The third-order valence-corrected chi connectivity index (χ3v) is 2.82. The first-order valence-electron chi connectivity index (χ1n) is 5.77. The highest BCUT2D eigenvalue weighted by Crippen LogP contribution is 2.10. The summed E-state index contributed by atoms with van der Waals surface area (Å²) < 4.78 is 5.21. The maximum Gasteiger partial charge on any atom is 0.321 e. The van der Waals surface area contributed by atoms with Crippen molar-refractivity contribution in [3.05, 3.63) is 0 Å². The number of unbranched alkanes of at least 4 members (excludes halogenated alkanes) is 3. The molecule has 0 aliphatic rings. The highest BCUT2D eigenvalue weighted by Gasteiger charge is 2.24. The lowest BCUT2D eigenvalue weighted by Crippen LogP contribution is -2.35. The Labute approximate surface area is 94.0 Å². The van der Waals surface area contributed by atoms with E-state index in [0.717, 1.165) is 25.7 Å². The van der Waals surface area contributed by atoms with E-state index in [-0.39, 0.29) is 0 Å². The van der Waals surface area contributed by atoms with E-state index in [2.05, 4.69) is 6.92 Å². The van der Waals surface area contributed by atoms with Gasteiger partial charge in [-0.3, -0.25) is 4.79 Å². The molecule has 0 rings (SSSR count). The SMILES string of the molecule is CCCCCCC(O)C(=O)O[Si](C)(C)C. The number of carbonyl (C=O) groups excluding carboxylic acids is 1. The van der Waals surface area contributed by atoms with Crippen molar-refractivity contribution in [3.8, 4) is 0 Å². The largest absolute Gasteiger partial charge is 0.518 e. The smallest absolute Gasteiger partial charge is 0.321 e. The average Bonchev–Trinajstić information content (AvgIpc) is 2.09. The molecule has 90 valence electrons. The predicted octanol–water partition coefficient (Wildman–Crippen LogP) is 2.70. The Kier molecular flexibility index (Phi) is 6.84. The molecule has 0 aliphatic heterocycles. The minimum absolute atomic E-state index is 0.439. The Morgan fingerprint density at radius 1 is 1.27 bits per heavy atom. The standard InChI is InChI=1S/C11H24O3Si/c1-5-6-7-8-9-10(12)11(13)14-15(2,3)4/h10,12H,5-9H2,1-4H3. The average molecular weight is 232 g/mol. The highest BCUT2D eigenvalue weighted by molar-refractivity contribution is 6.71. The lowest BCUT2D eigenvalue weighted by Gasteiger charge is -2.19. The second-order valence-electron chi connectivity index (χ2n) is 4.90. The molecule has 1 atom stereocenters. The van der Waals surface area contributed by atoms with Crippen LogP contribution >= 0.6 is 0 Å². The van der Waals surface area contributed by atoms with Crippen LogP contribution in [0.1, 0.15) is 39.0 Å². The summed E-state index contributed by atoms with van der Waals surface area (Å²) in [5.74, 6) is -0.439. The predicted molar refractivity (Wildman–Crippen MR) is 64.2 cm³/mol. The first-order valence-corrected chi connectivity index (χ1v) is 9.18. The second kappa shape index (κ2) is 7.01. The molecular weight excluding hydrogens is 208 g/mol. The second-order valence-corrected chi connectivity index (χ2v) is 9.33. The lowest BCUT2D eigenvalue weighted by molar-refractivity contribution is -0.144. The van der Waals surface area contributed by atoms with Crippen molar-refractivity contribution in [1.29, 1.82) is 0 Å². The Morgan fingerprint density at radius 2 is 1.87 bits per heavy atom. The van der Waals surface area contributed by atoms with E-state index in [1.807, 2.05) is 19.6 Å². The molecule has 0 aromatic rings. The van der Waals surface area contributed by atoms with Crippen LogP contribution in [0.15, 0.2) is 0 Å². The fourth-order valence-corrected chi connectivity index (χ4v) is 1.99. The van der Waals surface area contributed by atoms with Gasteiger partial charge >= 0.3 is 5.97 Å². The van der Waals surface area contributed by atoms with Crippen LogP contribution in [0.5, 0.6) is 0 Å². The molecule has 0 saturated carbocycles. The molecule has 15 heavy (non-hydrogen) atoms. The summed E-state index contributed by atoms with van der Waals surface area (Å²) in [5.41, 5.74) is 0. The maximum absolute atomic E-state index is 11.4. The van der Waals surface area contributed by atoms with Gasteiger partial charge in [-0.05, 0) is 26.1 Å². The molecule has 0 fully saturated rings. The van der Waals surface area contributed by atoms with Crippen LogP contribution in [0.25, 0.3) is 0 Å². The van der Waals surface area contributed by atoms with Gasteiger partial charge in [0, 0.05) is 0 Å². The monoisotopic (exact) mass is 232 g/mol. The van der Waals surface area contributed by atoms with Crippen LogP contribution in [0.2, 0.25) is 19.6 Å². The molecule has 0 amide bonds. The van der Waals surface area contributed by atoms with Gasteiger partial charge in [0.1, 0.15) is 6.10 Å². The Balaban J connectivity index is 3.70. The van der Waals surface area contributed by atoms with Crippen molar-refractivity contribution >= 4 is 14.3 Å². The molecule has 0 saturated heterocycles. The third kappa shape index (κ3) is 8.63. The van der Waals surface area contributed by atoms with Gasteiger partial charge in [0.25, 0.3) is 0 Å². The molecule has 0 radical (unpaired) electrons. The topological polar surface area (TPSA) is 46.5 Å². The molecule has 4 heteroatoms. The van der Waals surface area contributed by atoms with Gasteiger partial charge in [0.05, 0.1) is 0 Å². The maximum atomic E-state index is 11.4. The van der Waals surface area contributed by atoms with Gasteiger partial charge < -0.3 is 9.53 Å². The number of aliphatic hydroxyl groups is 1. The zero-order chi connectivity index (χ0) is 11.9. The van der Waals surface area contributed by atoms with Crippen LogP contribution in [0.4, 0.5) is 0 Å². The van der Waals surface area contributed by atoms with E-state index in [0.29, 0.717) is 6.42 Å². The third-order valence-electron chi connectivity index (χ3n) is 2.01. The number of hydrogen-bond donors (Lipinski definition) is 1. The molecule has 0 aliphatic carbocycles. The van der Waals surface area contributed by atoms with Crippen molar-refractivity contribution in [3.63, 3.8) is 0 Å². The molecule has 0 spiro atoms. The van der Waals surface area contributed by atoms with E-state index in [1.54, 1.807) is 0 Å². The Hall–Kier alpha value is -0.353. The van der Waals surface area contributed by atoms with Crippen LogP contribution in [0.3, 0.4) is 0 Å². The van der Waals surface area contributed by atoms with E-state index in [1.165, 1.54) is 0 Å². The van der Waals surface area contributed by atoms with Gasteiger partial charge in [-0.15, -0.1) is 0 Å². The van der Waals surface area contributed by atoms with Gasteiger partial charge in [0.2, 0.25) is 8.32 Å². The van der Waals surface area contributed by atoms with Gasteiger partial charge in [0.15, 0.2) is 0 Å². The summed E-state index contributed by atoms with van der Waals surface area (Å²) in [6.45, 7) is 7.95. The molecule has 0 heterocycles. The van der Waals surface area contributed by atoms with E-state index >= 15 is 0 Å². The van der Waals surface area contributed by atoms with Crippen molar-refractivity contribution in [2.75, 3.05) is 0 Å². The number of carbonyl (C=O) groups is 1. The summed E-state index contributed by atoms with van der Waals surface area (Å²) in [5, 5.41) is 9.53. The number of hydrogen-bond acceptors (Lipinski definition) is 3. The molecule has 1 N–H and O–H groups in total. The van der Waals surface area contributed by atoms with Crippen LogP contribution in [0, 0.1) is 0 Å². The lowest BCUT2D eigenvalue weighted by atomic mass is 10.1. The highest BCUT2D eigenvalue weighted by atomic mass is 28.4. The summed E-state index contributed by atoms with van der Waals surface area (Å²) in [7, 11) is -1.85. The van der Waals surface area contributed by atoms with Crippen LogP contribution in [-0.2, 0) is 9.22 Å². The summed E-state index contributed by atoms with van der Waals surface area (Å²) in [4.78, 5) is 11.4. The van der Waals surface area contributed by atoms with Gasteiger partial charge in [-0.2, -0.15) is 0 Å². The van der Waals surface area contributed by atoms with E-state index in [4.69, 9.17) is 4.43 Å². The first kappa shape index (κ1) is 14.6. The molecule has 0 aromatic heterocycles. The normalized spacial score (nSPS) is 13.7. The van der Waals surface area contributed by atoms with Gasteiger partial charge in [-0.25, -0.2) is 0 Å². The Morgan fingerprint density at radius 3 is 2.33 bits per heavy atom. The van der Waals surface area contributed by atoms with Gasteiger partial charge in [-0.1, -0.05) is 32.6 Å². The zero-order valence-electron chi connectivity index (χ0n) is 10.4. The molecule has 1 unspecified atom stereocenters. The first-order chi connectivity index (χ1) is 6.87. The van der Waals surface area contributed by atoms with Crippen molar-refractivity contribution in [1.82, 2.24) is 0 Å². The fraction of sp³-hybridized carbons (Fsp3) is 0.909. The van der Waals surface area contributed by atoms with E-state index in [9.17, 15) is 9.90 Å². The van der Waals surface area contributed by atoms with Crippen molar-refractivity contribution in [2.45, 2.75) is 64.8 Å². The van der Waals surface area contributed by atoms with Crippen molar-refractivity contribution < 1.29 is 14.3 Å². The van der Waals surface area contributed by atoms with Crippen LogP contribution in [-0.4, -0.2) is 25.5 Å². The summed E-state index contributed by atoms with van der Waals surface area (Å²) in [6, 6.07) is 0. The molecule has 0 bridgehead atoms. The Bertz CT molecular complexity index is 187. The molecule has 3 nitrogen and oxygen atoms in total. The zero-order valence-corrected chi connectivity index (χ0v) is 11.4. The quantitative estimate of drug-likeness (QED) is 0.542. The minimum Gasteiger partial charge on any atom is -0.518 e. The van der Waals surface area contributed by atoms with Crippen LogP contribution < -0.4 is 0 Å². The summed E-state index contributed by atoms with van der Waals surface area (Å²) >= 11 is 0. The van der Waals surface area contributed by atoms with Crippen molar-refractivity contribution in [2.24, 2.45) is 0 Å². The van der Waals surface area contributed by atoms with E-state index < -0.39 is 20.4 Å². The molecular formula is C11H24O3Si. The minimum atomic E-state index is -1.85. The number of aliphatic hydroxyl groups excluding tert-OH is 1.